The fraction of sp³-hybridized carbons (Fsp3) is 1.00. The van der Waals surface area contributed by atoms with E-state index in [-0.39, 0.29) is 0 Å². The quantitative estimate of drug-likeness (QED) is 0.727. The molecule has 88 valence electrons. The largest absolute Gasteiger partial charge is 0.390 e. The van der Waals surface area contributed by atoms with E-state index in [1.165, 1.54) is 25.9 Å². The van der Waals surface area contributed by atoms with Crippen molar-refractivity contribution in [3.63, 3.8) is 0 Å². The molecule has 2 fully saturated rings. The lowest BCUT2D eigenvalue weighted by Crippen LogP contribution is -2.46. The molecule has 0 spiro atoms. The third-order valence-electron chi connectivity index (χ3n) is 3.80. The molecule has 2 aliphatic heterocycles. The zero-order chi connectivity index (χ0) is 10.9. The van der Waals surface area contributed by atoms with E-state index in [0.717, 1.165) is 31.5 Å². The Morgan fingerprint density at radius 3 is 2.93 bits per heavy atom. The van der Waals surface area contributed by atoms with Crippen molar-refractivity contribution in [2.45, 2.75) is 44.8 Å². The summed E-state index contributed by atoms with van der Waals surface area (Å²) in [5.41, 5.74) is -0.515. The summed E-state index contributed by atoms with van der Waals surface area (Å²) < 4.78 is 0. The molecule has 2 atom stereocenters. The average molecular weight is 212 g/mol. The van der Waals surface area contributed by atoms with E-state index in [1.54, 1.807) is 0 Å². The highest BCUT2D eigenvalue weighted by Crippen LogP contribution is 2.27. The molecule has 2 saturated heterocycles. The number of nitrogens with one attached hydrogen (secondary N) is 1. The maximum absolute atomic E-state index is 9.75. The molecule has 15 heavy (non-hydrogen) atoms. The van der Waals surface area contributed by atoms with Crippen molar-refractivity contribution in [3.8, 4) is 0 Å². The van der Waals surface area contributed by atoms with Crippen LogP contribution in [0.5, 0.6) is 0 Å². The molecule has 3 heteroatoms. The Morgan fingerprint density at radius 2 is 2.20 bits per heavy atom. The van der Waals surface area contributed by atoms with Crippen LogP contribution in [0.4, 0.5) is 0 Å². The van der Waals surface area contributed by atoms with Gasteiger partial charge in [-0.3, -0.25) is 4.90 Å². The summed E-state index contributed by atoms with van der Waals surface area (Å²) in [4.78, 5) is 2.58. The van der Waals surface area contributed by atoms with Gasteiger partial charge < -0.3 is 10.4 Å². The second-order valence-corrected chi connectivity index (χ2v) is 5.73. The van der Waals surface area contributed by atoms with Crippen LogP contribution in [0, 0.1) is 5.92 Å². The summed E-state index contributed by atoms with van der Waals surface area (Å²) >= 11 is 0. The molecule has 0 radical (unpaired) electrons. The van der Waals surface area contributed by atoms with Crippen LogP contribution in [0.1, 0.15) is 33.1 Å². The summed E-state index contributed by atoms with van der Waals surface area (Å²) in [5, 5.41) is 13.2. The number of likely N-dealkylation sites (tertiary alicyclic amines) is 1. The van der Waals surface area contributed by atoms with Crippen LogP contribution >= 0.6 is 0 Å². The predicted molar refractivity (Wildman–Crippen MR) is 61.9 cm³/mol. The van der Waals surface area contributed by atoms with Gasteiger partial charge in [-0.2, -0.15) is 0 Å². The first-order valence-corrected chi connectivity index (χ1v) is 6.23. The Kier molecular flexibility index (Phi) is 3.33. The van der Waals surface area contributed by atoms with Gasteiger partial charge in [0, 0.05) is 19.1 Å². The van der Waals surface area contributed by atoms with E-state index in [1.807, 2.05) is 13.8 Å². The predicted octanol–water partition coefficient (Wildman–Crippen LogP) is 0.831. The number of rotatable bonds is 3. The molecule has 0 saturated carbocycles. The standard InChI is InChI=1S/C12H24N2O/c1-12(2,15)5-7-14-6-3-4-10-8-13-9-11(10)14/h10-11,13,15H,3-9H2,1-2H3. The molecule has 0 aliphatic carbocycles. The molecule has 2 N–H and O–H groups in total. The number of piperidine rings is 1. The number of hydrogen-bond acceptors (Lipinski definition) is 3. The molecule has 2 unspecified atom stereocenters. The third kappa shape index (κ3) is 2.92. The molecule has 2 rings (SSSR count). The van der Waals surface area contributed by atoms with Crippen molar-refractivity contribution in [3.05, 3.63) is 0 Å². The van der Waals surface area contributed by atoms with E-state index in [9.17, 15) is 5.11 Å². The number of aliphatic hydroxyl groups is 1. The van der Waals surface area contributed by atoms with Crippen LogP contribution in [0.15, 0.2) is 0 Å². The van der Waals surface area contributed by atoms with Gasteiger partial charge >= 0.3 is 0 Å². The van der Waals surface area contributed by atoms with Gasteiger partial charge in [0.1, 0.15) is 0 Å². The van der Waals surface area contributed by atoms with Gasteiger partial charge in [-0.25, -0.2) is 0 Å². The Hall–Kier alpha value is -0.120. The van der Waals surface area contributed by atoms with Gasteiger partial charge in [0.15, 0.2) is 0 Å². The maximum atomic E-state index is 9.75. The fourth-order valence-corrected chi connectivity index (χ4v) is 2.86. The normalized spacial score (nSPS) is 33.0. The molecular formula is C12H24N2O. The van der Waals surface area contributed by atoms with Crippen molar-refractivity contribution in [2.75, 3.05) is 26.2 Å². The van der Waals surface area contributed by atoms with Crippen LogP contribution in [0.25, 0.3) is 0 Å². The Balaban J connectivity index is 1.85. The van der Waals surface area contributed by atoms with Crippen molar-refractivity contribution < 1.29 is 5.11 Å². The molecule has 2 heterocycles. The molecular weight excluding hydrogens is 188 g/mol. The van der Waals surface area contributed by atoms with Crippen molar-refractivity contribution in [1.29, 1.82) is 0 Å². The highest BCUT2D eigenvalue weighted by molar-refractivity contribution is 4.92. The molecule has 0 aromatic rings. The second-order valence-electron chi connectivity index (χ2n) is 5.73. The summed E-state index contributed by atoms with van der Waals surface area (Å²) in [5.74, 6) is 0.862. The Labute approximate surface area is 92.8 Å². The van der Waals surface area contributed by atoms with E-state index < -0.39 is 5.60 Å². The minimum absolute atomic E-state index is 0.515. The first-order chi connectivity index (χ1) is 7.06. The second kappa shape index (κ2) is 4.40. The van der Waals surface area contributed by atoms with Crippen molar-refractivity contribution in [2.24, 2.45) is 5.92 Å². The van der Waals surface area contributed by atoms with Gasteiger partial charge in [0.25, 0.3) is 0 Å². The maximum Gasteiger partial charge on any atom is 0.0603 e. The van der Waals surface area contributed by atoms with Crippen LogP contribution in [0.3, 0.4) is 0 Å². The van der Waals surface area contributed by atoms with Gasteiger partial charge in [0.05, 0.1) is 5.60 Å². The Morgan fingerprint density at radius 1 is 1.40 bits per heavy atom. The van der Waals surface area contributed by atoms with Gasteiger partial charge in [0.2, 0.25) is 0 Å². The minimum atomic E-state index is -0.515. The highest BCUT2D eigenvalue weighted by Gasteiger charge is 2.34. The van der Waals surface area contributed by atoms with Crippen LogP contribution in [-0.4, -0.2) is 47.8 Å². The van der Waals surface area contributed by atoms with E-state index in [0.29, 0.717) is 0 Å². The van der Waals surface area contributed by atoms with Crippen molar-refractivity contribution >= 4 is 0 Å². The first-order valence-electron chi connectivity index (χ1n) is 6.23. The van der Waals surface area contributed by atoms with E-state index in [2.05, 4.69) is 10.2 Å². The van der Waals surface area contributed by atoms with Gasteiger partial charge in [-0.1, -0.05) is 0 Å². The van der Waals surface area contributed by atoms with E-state index in [4.69, 9.17) is 0 Å². The zero-order valence-corrected chi connectivity index (χ0v) is 10.00. The smallest absolute Gasteiger partial charge is 0.0603 e. The SMILES string of the molecule is CC(C)(O)CCN1CCCC2CNCC21. The molecule has 3 nitrogen and oxygen atoms in total. The van der Waals surface area contributed by atoms with Crippen LogP contribution < -0.4 is 5.32 Å². The topological polar surface area (TPSA) is 35.5 Å². The number of hydrogen-bond donors (Lipinski definition) is 2. The lowest BCUT2D eigenvalue weighted by molar-refractivity contribution is 0.0402. The Bertz CT molecular complexity index is 212. The first kappa shape index (κ1) is 11.4. The molecule has 0 bridgehead atoms. The molecule has 2 aliphatic rings. The number of fused-ring (bicyclic) bond motifs is 1. The lowest BCUT2D eigenvalue weighted by atomic mass is 9.91. The van der Waals surface area contributed by atoms with Gasteiger partial charge in [-0.15, -0.1) is 0 Å². The van der Waals surface area contributed by atoms with Crippen LogP contribution in [-0.2, 0) is 0 Å². The summed E-state index contributed by atoms with van der Waals surface area (Å²) in [6.45, 7) is 8.42. The molecule has 0 amide bonds. The van der Waals surface area contributed by atoms with Crippen LogP contribution in [0.2, 0.25) is 0 Å². The minimum Gasteiger partial charge on any atom is -0.390 e. The van der Waals surface area contributed by atoms with Gasteiger partial charge in [-0.05, 0) is 52.1 Å². The lowest BCUT2D eigenvalue weighted by Gasteiger charge is -2.38. The molecule has 0 aromatic carbocycles. The molecule has 0 aromatic heterocycles. The third-order valence-corrected chi connectivity index (χ3v) is 3.80. The zero-order valence-electron chi connectivity index (χ0n) is 10.00. The monoisotopic (exact) mass is 212 g/mol. The fourth-order valence-electron chi connectivity index (χ4n) is 2.86. The number of nitrogens with zero attached hydrogens (tertiary/aromatic N) is 1. The highest BCUT2D eigenvalue weighted by atomic mass is 16.3. The summed E-state index contributed by atoms with van der Waals surface area (Å²) in [6, 6.07) is 0.737. The van der Waals surface area contributed by atoms with Crippen molar-refractivity contribution in [1.82, 2.24) is 10.2 Å². The van der Waals surface area contributed by atoms with E-state index >= 15 is 0 Å². The summed E-state index contributed by atoms with van der Waals surface area (Å²) in [6.07, 6.45) is 3.60. The summed E-state index contributed by atoms with van der Waals surface area (Å²) in [7, 11) is 0. The average Bonchev–Trinajstić information content (AvgIpc) is 2.61.